The highest BCUT2D eigenvalue weighted by atomic mass is 16.3. The Balaban J connectivity index is 1.50. The van der Waals surface area contributed by atoms with Gasteiger partial charge in [0, 0.05) is 37.8 Å². The Bertz CT molecular complexity index is 954. The first-order valence-corrected chi connectivity index (χ1v) is 9.31. The monoisotopic (exact) mass is 375 g/mol. The van der Waals surface area contributed by atoms with Crippen molar-refractivity contribution in [1.29, 1.82) is 0 Å². The maximum absolute atomic E-state index is 12.9. The van der Waals surface area contributed by atoms with Crippen molar-refractivity contribution < 1.29 is 14.0 Å². The van der Waals surface area contributed by atoms with Crippen LogP contribution in [-0.2, 0) is 24.2 Å². The first-order chi connectivity index (χ1) is 13.7. The van der Waals surface area contributed by atoms with E-state index in [1.165, 1.54) is 6.26 Å². The van der Waals surface area contributed by atoms with Crippen molar-refractivity contribution in [1.82, 2.24) is 15.2 Å². The van der Waals surface area contributed by atoms with Crippen molar-refractivity contribution in [2.75, 3.05) is 6.54 Å². The molecule has 1 unspecified atom stereocenters. The van der Waals surface area contributed by atoms with Crippen LogP contribution < -0.4 is 5.32 Å². The van der Waals surface area contributed by atoms with Gasteiger partial charge in [-0.3, -0.25) is 14.6 Å². The van der Waals surface area contributed by atoms with Crippen LogP contribution in [0.4, 0.5) is 0 Å². The number of amides is 2. The van der Waals surface area contributed by atoms with Crippen LogP contribution in [-0.4, -0.2) is 34.3 Å². The smallest absolute Gasteiger partial charge is 0.290 e. The molecule has 0 aliphatic carbocycles. The zero-order chi connectivity index (χ0) is 19.3. The highest BCUT2D eigenvalue weighted by molar-refractivity contribution is 5.96. The van der Waals surface area contributed by atoms with Gasteiger partial charge in [-0.05, 0) is 35.4 Å². The average Bonchev–Trinajstić information content (AvgIpc) is 3.28. The van der Waals surface area contributed by atoms with Gasteiger partial charge in [-0.1, -0.05) is 30.3 Å². The molecular weight excluding hydrogens is 354 g/mol. The molecule has 1 atom stereocenters. The van der Waals surface area contributed by atoms with E-state index in [2.05, 4.69) is 10.3 Å². The molecule has 1 aliphatic heterocycles. The lowest BCUT2D eigenvalue weighted by atomic mass is 9.93. The number of rotatable bonds is 5. The van der Waals surface area contributed by atoms with E-state index in [-0.39, 0.29) is 17.6 Å². The second-order valence-corrected chi connectivity index (χ2v) is 6.76. The van der Waals surface area contributed by atoms with E-state index in [4.69, 9.17) is 4.42 Å². The first-order valence-electron chi connectivity index (χ1n) is 9.31. The number of aromatic nitrogens is 1. The molecule has 0 fully saturated rings. The third-order valence-corrected chi connectivity index (χ3v) is 4.95. The Morgan fingerprint density at radius 3 is 2.64 bits per heavy atom. The molecule has 3 heterocycles. The summed E-state index contributed by atoms with van der Waals surface area (Å²) in [5, 5.41) is 2.96. The minimum absolute atomic E-state index is 0.162. The largest absolute Gasteiger partial charge is 0.459 e. The van der Waals surface area contributed by atoms with Gasteiger partial charge in [0.2, 0.25) is 5.91 Å². The maximum Gasteiger partial charge on any atom is 0.290 e. The summed E-state index contributed by atoms with van der Waals surface area (Å²) in [7, 11) is 0. The molecule has 6 heteroatoms. The Kier molecular flexibility index (Phi) is 5.19. The summed E-state index contributed by atoms with van der Waals surface area (Å²) in [6.07, 6.45) is 4.33. The topological polar surface area (TPSA) is 75.4 Å². The molecule has 142 valence electrons. The Hall–Kier alpha value is -3.41. The van der Waals surface area contributed by atoms with Gasteiger partial charge < -0.3 is 14.6 Å². The summed E-state index contributed by atoms with van der Waals surface area (Å²) in [6.45, 7) is 0.852. The van der Waals surface area contributed by atoms with Gasteiger partial charge in [-0.2, -0.15) is 0 Å². The molecule has 0 spiro atoms. The molecule has 1 aromatic carbocycles. The van der Waals surface area contributed by atoms with E-state index in [1.807, 2.05) is 42.5 Å². The summed E-state index contributed by atoms with van der Waals surface area (Å²) in [6, 6.07) is 16.3. The number of nitrogens with one attached hydrogen (secondary N) is 1. The van der Waals surface area contributed by atoms with Crippen LogP contribution in [0.3, 0.4) is 0 Å². The first kappa shape index (κ1) is 18.0. The van der Waals surface area contributed by atoms with Crippen LogP contribution >= 0.6 is 0 Å². The number of pyridine rings is 1. The van der Waals surface area contributed by atoms with Gasteiger partial charge in [0.15, 0.2) is 5.76 Å². The van der Waals surface area contributed by atoms with E-state index in [1.54, 1.807) is 23.2 Å². The molecule has 3 aromatic rings. The zero-order valence-corrected chi connectivity index (χ0v) is 15.4. The maximum atomic E-state index is 12.9. The van der Waals surface area contributed by atoms with E-state index in [9.17, 15) is 9.59 Å². The van der Waals surface area contributed by atoms with E-state index >= 15 is 0 Å². The van der Waals surface area contributed by atoms with Gasteiger partial charge in [0.1, 0.15) is 6.04 Å². The van der Waals surface area contributed by atoms with Crippen molar-refractivity contribution in [3.8, 4) is 0 Å². The standard InChI is InChI=1S/C22H21N3O3/c26-21(24-12-10-18-8-3-4-11-23-18)19-14-16-6-1-2-7-17(16)15-25(19)22(27)20-9-5-13-28-20/h1-9,11,13,19H,10,12,14-15H2,(H,24,26). The molecule has 2 aromatic heterocycles. The molecule has 0 saturated heterocycles. The molecule has 28 heavy (non-hydrogen) atoms. The summed E-state index contributed by atoms with van der Waals surface area (Å²) >= 11 is 0. The van der Waals surface area contributed by atoms with Gasteiger partial charge in [0.25, 0.3) is 5.91 Å². The number of hydrogen-bond donors (Lipinski definition) is 1. The summed E-state index contributed by atoms with van der Waals surface area (Å²) in [5.41, 5.74) is 3.07. The van der Waals surface area contributed by atoms with Crippen LogP contribution in [0.5, 0.6) is 0 Å². The number of nitrogens with zero attached hydrogens (tertiary/aromatic N) is 2. The minimum Gasteiger partial charge on any atom is -0.459 e. The second-order valence-electron chi connectivity index (χ2n) is 6.76. The highest BCUT2D eigenvalue weighted by Crippen LogP contribution is 2.25. The highest BCUT2D eigenvalue weighted by Gasteiger charge is 2.35. The predicted octanol–water partition coefficient (Wildman–Crippen LogP) is 2.60. The molecule has 0 saturated carbocycles. The summed E-state index contributed by atoms with van der Waals surface area (Å²) in [5.74, 6) is -0.194. The van der Waals surface area contributed by atoms with E-state index < -0.39 is 6.04 Å². The summed E-state index contributed by atoms with van der Waals surface area (Å²) in [4.78, 5) is 31.7. The fraction of sp³-hybridized carbons (Fsp3) is 0.227. The Morgan fingerprint density at radius 2 is 1.89 bits per heavy atom. The fourth-order valence-corrected chi connectivity index (χ4v) is 3.49. The lowest BCUT2D eigenvalue weighted by Gasteiger charge is -2.35. The third-order valence-electron chi connectivity index (χ3n) is 4.95. The molecule has 0 bridgehead atoms. The SMILES string of the molecule is O=C(NCCc1ccccn1)C1Cc2ccccc2CN1C(=O)c1ccco1. The van der Waals surface area contributed by atoms with Crippen LogP contribution in [0.15, 0.2) is 71.5 Å². The summed E-state index contributed by atoms with van der Waals surface area (Å²) < 4.78 is 5.27. The van der Waals surface area contributed by atoms with Crippen LogP contribution in [0.25, 0.3) is 0 Å². The zero-order valence-electron chi connectivity index (χ0n) is 15.4. The minimum atomic E-state index is -0.573. The van der Waals surface area contributed by atoms with Crippen molar-refractivity contribution in [3.05, 3.63) is 89.6 Å². The van der Waals surface area contributed by atoms with E-state index in [0.29, 0.717) is 25.9 Å². The van der Waals surface area contributed by atoms with Gasteiger partial charge in [-0.25, -0.2) is 0 Å². The molecule has 4 rings (SSSR count). The van der Waals surface area contributed by atoms with Crippen molar-refractivity contribution in [2.45, 2.75) is 25.4 Å². The van der Waals surface area contributed by atoms with Crippen molar-refractivity contribution >= 4 is 11.8 Å². The Labute approximate surface area is 163 Å². The number of hydrogen-bond acceptors (Lipinski definition) is 4. The van der Waals surface area contributed by atoms with Crippen molar-refractivity contribution in [2.24, 2.45) is 0 Å². The van der Waals surface area contributed by atoms with Gasteiger partial charge in [0.05, 0.1) is 6.26 Å². The van der Waals surface area contributed by atoms with Crippen molar-refractivity contribution in [3.63, 3.8) is 0 Å². The van der Waals surface area contributed by atoms with Crippen LogP contribution in [0, 0.1) is 0 Å². The van der Waals surface area contributed by atoms with Crippen LogP contribution in [0.2, 0.25) is 0 Å². The molecular formula is C22H21N3O3. The lowest BCUT2D eigenvalue weighted by Crippen LogP contribution is -2.52. The molecule has 1 aliphatic rings. The predicted molar refractivity (Wildman–Crippen MR) is 103 cm³/mol. The number of fused-ring (bicyclic) bond motifs is 1. The van der Waals surface area contributed by atoms with Gasteiger partial charge in [-0.15, -0.1) is 0 Å². The molecule has 0 radical (unpaired) electrons. The van der Waals surface area contributed by atoms with E-state index in [0.717, 1.165) is 16.8 Å². The number of carbonyl (C=O) groups excluding carboxylic acids is 2. The normalized spacial score (nSPS) is 15.7. The number of carbonyl (C=O) groups is 2. The molecule has 6 nitrogen and oxygen atoms in total. The van der Waals surface area contributed by atoms with Gasteiger partial charge >= 0.3 is 0 Å². The molecule has 1 N–H and O–H groups in total. The number of benzene rings is 1. The quantitative estimate of drug-likeness (QED) is 0.744. The average molecular weight is 375 g/mol. The third kappa shape index (κ3) is 3.81. The van der Waals surface area contributed by atoms with Crippen LogP contribution in [0.1, 0.15) is 27.4 Å². The second kappa shape index (κ2) is 8.08. The number of furan rings is 1. The lowest BCUT2D eigenvalue weighted by molar-refractivity contribution is -0.126. The molecule has 2 amide bonds. The Morgan fingerprint density at radius 1 is 1.07 bits per heavy atom. The fourth-order valence-electron chi connectivity index (χ4n) is 3.49.